The van der Waals surface area contributed by atoms with Crippen molar-refractivity contribution >= 4 is 33.1 Å². The molecule has 11 rings (SSSR count). The molecule has 0 saturated heterocycles. The van der Waals surface area contributed by atoms with E-state index in [1.807, 2.05) is 66.7 Å². The minimum absolute atomic E-state index is 0.135. The highest BCUT2D eigenvalue weighted by Gasteiger charge is 2.34. The number of rotatable bonds is 6. The fraction of sp³-hybridized carbons (Fsp3) is 0.0392. The molecule has 1 atom stereocenters. The predicted molar refractivity (Wildman–Crippen MR) is 226 cm³/mol. The maximum absolute atomic E-state index is 6.61. The summed E-state index contributed by atoms with van der Waals surface area (Å²) in [6.07, 6.45) is 4.95. The number of fused-ring (bicyclic) bond motifs is 6. The Kier molecular flexibility index (Phi) is 7.56. The molecule has 1 aliphatic heterocycles. The highest BCUT2D eigenvalue weighted by molar-refractivity contribution is 6.06. The van der Waals surface area contributed by atoms with Crippen molar-refractivity contribution in [3.05, 3.63) is 193 Å². The van der Waals surface area contributed by atoms with E-state index in [0.717, 1.165) is 73.1 Å². The van der Waals surface area contributed by atoms with E-state index >= 15 is 0 Å². The van der Waals surface area contributed by atoms with Crippen LogP contribution in [0.1, 0.15) is 17.8 Å². The van der Waals surface area contributed by atoms with Crippen molar-refractivity contribution in [2.45, 2.75) is 12.5 Å². The number of ether oxygens (including phenoxy) is 1. The first-order valence-electron chi connectivity index (χ1n) is 18.9. The van der Waals surface area contributed by atoms with Crippen molar-refractivity contribution in [3.8, 4) is 61.9 Å². The number of nitrogens with zero attached hydrogens (tertiary/aromatic N) is 3. The van der Waals surface area contributed by atoms with Gasteiger partial charge in [-0.15, -0.1) is 0 Å². The van der Waals surface area contributed by atoms with Gasteiger partial charge in [0.2, 0.25) is 0 Å². The molecule has 0 spiro atoms. The molecule has 0 fully saturated rings. The van der Waals surface area contributed by atoms with Crippen molar-refractivity contribution in [1.29, 1.82) is 0 Å². The van der Waals surface area contributed by atoms with Gasteiger partial charge in [0.15, 0.2) is 17.5 Å². The second-order valence-corrected chi connectivity index (χ2v) is 14.3. The van der Waals surface area contributed by atoms with Crippen LogP contribution >= 0.6 is 0 Å². The second kappa shape index (κ2) is 13.2. The second-order valence-electron chi connectivity index (χ2n) is 14.3. The van der Waals surface area contributed by atoms with Crippen molar-refractivity contribution in [3.63, 3.8) is 0 Å². The third-order valence-corrected chi connectivity index (χ3v) is 10.9. The summed E-state index contributed by atoms with van der Waals surface area (Å²) in [5.74, 6) is 2.71. The molecule has 1 aliphatic carbocycles. The third kappa shape index (κ3) is 5.60. The van der Waals surface area contributed by atoms with Crippen molar-refractivity contribution in [2.24, 2.45) is 0 Å². The smallest absolute Gasteiger partial charge is 0.164 e. The first kappa shape index (κ1) is 32.1. The zero-order valence-electron chi connectivity index (χ0n) is 30.3. The van der Waals surface area contributed by atoms with Gasteiger partial charge in [0.25, 0.3) is 0 Å². The molecule has 1 unspecified atom stereocenters. The van der Waals surface area contributed by atoms with E-state index in [9.17, 15) is 0 Å². The molecule has 0 radical (unpaired) electrons. The Morgan fingerprint density at radius 1 is 0.429 bits per heavy atom. The average Bonchev–Trinajstić information content (AvgIpc) is 3.85. The fourth-order valence-corrected chi connectivity index (χ4v) is 8.06. The van der Waals surface area contributed by atoms with Crippen LogP contribution in [0.5, 0.6) is 5.75 Å². The Bertz CT molecular complexity index is 3020. The largest absolute Gasteiger partial charge is 0.485 e. The molecule has 9 aromatic rings. The first-order valence-corrected chi connectivity index (χ1v) is 18.9. The maximum Gasteiger partial charge on any atom is 0.164 e. The van der Waals surface area contributed by atoms with Crippen molar-refractivity contribution in [1.82, 2.24) is 15.0 Å². The van der Waals surface area contributed by atoms with E-state index in [1.165, 1.54) is 22.3 Å². The van der Waals surface area contributed by atoms with E-state index in [0.29, 0.717) is 17.5 Å². The van der Waals surface area contributed by atoms with Crippen LogP contribution in [0, 0.1) is 0 Å². The van der Waals surface area contributed by atoms with Crippen molar-refractivity contribution in [2.75, 3.05) is 0 Å². The Balaban J connectivity index is 1.01. The van der Waals surface area contributed by atoms with Gasteiger partial charge in [-0.2, -0.15) is 0 Å². The lowest BCUT2D eigenvalue weighted by Crippen LogP contribution is -2.15. The standard InChI is InChI=1S/C51H33N3O2/c1-3-11-32(12-4-1)33-21-23-34(24-22-33)36-15-9-16-37(29-36)38-25-27-46-43(30-38)48-41(18-10-20-47(48)56-46)51-53-49(35-13-5-2-6-14-35)52-50(54-51)39-26-28-45-42(31-39)40-17-7-8-19-44(40)55-45/h1-19,21-31,47H,20H2. The minimum atomic E-state index is -0.135. The van der Waals surface area contributed by atoms with Crippen molar-refractivity contribution < 1.29 is 9.15 Å². The van der Waals surface area contributed by atoms with E-state index in [2.05, 4.69) is 115 Å². The van der Waals surface area contributed by atoms with Crippen LogP contribution in [0.3, 0.4) is 0 Å². The number of aromatic nitrogens is 3. The average molecular weight is 720 g/mol. The quantitative estimate of drug-likeness (QED) is 0.171. The molecule has 56 heavy (non-hydrogen) atoms. The molecule has 264 valence electrons. The van der Waals surface area contributed by atoms with Gasteiger partial charge in [0.1, 0.15) is 23.0 Å². The predicted octanol–water partition coefficient (Wildman–Crippen LogP) is 12.7. The van der Waals surface area contributed by atoms with Gasteiger partial charge in [-0.3, -0.25) is 0 Å². The summed E-state index contributed by atoms with van der Waals surface area (Å²) in [6.45, 7) is 0. The van der Waals surface area contributed by atoms with Crippen LogP contribution in [-0.2, 0) is 0 Å². The molecule has 2 aromatic heterocycles. The van der Waals surface area contributed by atoms with Gasteiger partial charge in [-0.25, -0.2) is 15.0 Å². The molecular formula is C51H33N3O2. The lowest BCUT2D eigenvalue weighted by atomic mass is 9.89. The Hall–Kier alpha value is -7.37. The third-order valence-electron chi connectivity index (χ3n) is 10.9. The summed E-state index contributed by atoms with van der Waals surface area (Å²) >= 11 is 0. The van der Waals surface area contributed by atoms with Gasteiger partial charge in [0, 0.05) is 45.0 Å². The topological polar surface area (TPSA) is 61.0 Å². The van der Waals surface area contributed by atoms with Crippen LogP contribution in [0.2, 0.25) is 0 Å². The first-order chi connectivity index (χ1) is 27.7. The number of allylic oxidation sites excluding steroid dienone is 2. The van der Waals surface area contributed by atoms with Crippen LogP contribution in [-0.4, -0.2) is 21.1 Å². The molecule has 0 saturated carbocycles. The molecule has 0 N–H and O–H groups in total. The van der Waals surface area contributed by atoms with Crippen LogP contribution in [0.4, 0.5) is 0 Å². The summed E-state index contributed by atoms with van der Waals surface area (Å²) in [5.41, 5.74) is 13.7. The number of para-hydroxylation sites is 1. The van der Waals surface area contributed by atoms with E-state index in [1.54, 1.807) is 0 Å². The molecule has 3 heterocycles. The lowest BCUT2D eigenvalue weighted by Gasteiger charge is -2.18. The summed E-state index contributed by atoms with van der Waals surface area (Å²) in [6, 6.07) is 59.0. The highest BCUT2D eigenvalue weighted by atomic mass is 16.5. The van der Waals surface area contributed by atoms with Gasteiger partial charge >= 0.3 is 0 Å². The van der Waals surface area contributed by atoms with E-state index in [4.69, 9.17) is 24.1 Å². The minimum Gasteiger partial charge on any atom is -0.485 e. The molecular weight excluding hydrogens is 687 g/mol. The zero-order chi connectivity index (χ0) is 37.0. The normalized spacial score (nSPS) is 14.5. The molecule has 2 aliphatic rings. The number of hydrogen-bond acceptors (Lipinski definition) is 5. The van der Waals surface area contributed by atoms with E-state index in [-0.39, 0.29) is 6.10 Å². The Morgan fingerprint density at radius 3 is 1.80 bits per heavy atom. The number of furan rings is 1. The van der Waals surface area contributed by atoms with Crippen LogP contribution in [0.25, 0.3) is 89.2 Å². The summed E-state index contributed by atoms with van der Waals surface area (Å²) in [4.78, 5) is 15.4. The van der Waals surface area contributed by atoms with Gasteiger partial charge in [-0.05, 0) is 75.8 Å². The lowest BCUT2D eigenvalue weighted by molar-refractivity contribution is 0.279. The van der Waals surface area contributed by atoms with Gasteiger partial charge in [0.05, 0.1) is 0 Å². The summed E-state index contributed by atoms with van der Waals surface area (Å²) in [5, 5.41) is 2.09. The summed E-state index contributed by atoms with van der Waals surface area (Å²) < 4.78 is 12.8. The van der Waals surface area contributed by atoms with Gasteiger partial charge in [-0.1, -0.05) is 140 Å². The Labute approximate surface area is 324 Å². The number of hydrogen-bond donors (Lipinski definition) is 0. The highest BCUT2D eigenvalue weighted by Crippen LogP contribution is 2.47. The zero-order valence-corrected chi connectivity index (χ0v) is 30.3. The summed E-state index contributed by atoms with van der Waals surface area (Å²) in [7, 11) is 0. The van der Waals surface area contributed by atoms with Crippen LogP contribution < -0.4 is 4.74 Å². The fourth-order valence-electron chi connectivity index (χ4n) is 8.06. The van der Waals surface area contributed by atoms with E-state index < -0.39 is 0 Å². The van der Waals surface area contributed by atoms with Crippen LogP contribution in [0.15, 0.2) is 186 Å². The number of benzene rings is 7. The molecule has 5 heteroatoms. The molecule has 0 amide bonds. The molecule has 7 aromatic carbocycles. The SMILES string of the molecule is C1=CC(c2nc(-c3ccccc3)nc(-c3ccc4oc5ccccc5c4c3)n2)=C2c3cc(-c4cccc(-c5ccc(-c6ccccc6)cc5)c4)ccc3OC2C1. The monoisotopic (exact) mass is 719 g/mol. The molecule has 0 bridgehead atoms. The van der Waals surface area contributed by atoms with Gasteiger partial charge < -0.3 is 9.15 Å². The Morgan fingerprint density at radius 2 is 1.00 bits per heavy atom. The maximum atomic E-state index is 6.61. The molecule has 5 nitrogen and oxygen atoms in total.